The summed E-state index contributed by atoms with van der Waals surface area (Å²) in [5, 5.41) is 2.27. The first-order valence-corrected chi connectivity index (χ1v) is 14.9. The SMILES string of the molecule is c1ccc(-c2ccc(N(c3ccccc3)c3ccc(-c4cc5oc6ccccc6c5cc4-c4ccccc4)cc3)cc2)cc1. The van der Waals surface area contributed by atoms with Gasteiger partial charge in [0.25, 0.3) is 0 Å². The molecule has 0 spiro atoms. The summed E-state index contributed by atoms with van der Waals surface area (Å²) >= 11 is 0. The topological polar surface area (TPSA) is 16.4 Å². The van der Waals surface area contributed by atoms with Crippen LogP contribution in [0.3, 0.4) is 0 Å². The maximum absolute atomic E-state index is 6.32. The van der Waals surface area contributed by atoms with Gasteiger partial charge in [-0.25, -0.2) is 0 Å². The van der Waals surface area contributed by atoms with Gasteiger partial charge in [0.05, 0.1) is 0 Å². The molecule has 2 heteroatoms. The molecule has 2 nitrogen and oxygen atoms in total. The quantitative estimate of drug-likeness (QED) is 0.200. The van der Waals surface area contributed by atoms with Crippen molar-refractivity contribution in [1.29, 1.82) is 0 Å². The first-order chi connectivity index (χ1) is 21.8. The third-order valence-corrected chi connectivity index (χ3v) is 8.29. The molecule has 0 unspecified atom stereocenters. The molecule has 44 heavy (non-hydrogen) atoms. The van der Waals surface area contributed by atoms with Crippen molar-refractivity contribution in [2.75, 3.05) is 4.90 Å². The van der Waals surface area contributed by atoms with Crippen molar-refractivity contribution in [2.24, 2.45) is 0 Å². The predicted octanol–water partition coefficient (Wildman–Crippen LogP) is 12.1. The third-order valence-electron chi connectivity index (χ3n) is 8.29. The van der Waals surface area contributed by atoms with E-state index in [1.807, 2.05) is 12.1 Å². The molecule has 0 aliphatic carbocycles. The van der Waals surface area contributed by atoms with E-state index in [1.54, 1.807) is 0 Å². The molecule has 0 bridgehead atoms. The van der Waals surface area contributed by atoms with Gasteiger partial charge in [-0.1, -0.05) is 121 Å². The highest BCUT2D eigenvalue weighted by Gasteiger charge is 2.16. The van der Waals surface area contributed by atoms with Crippen LogP contribution < -0.4 is 4.90 Å². The molecule has 0 aliphatic rings. The Morgan fingerprint density at radius 1 is 0.318 bits per heavy atom. The maximum Gasteiger partial charge on any atom is 0.136 e. The van der Waals surface area contributed by atoms with E-state index in [-0.39, 0.29) is 0 Å². The van der Waals surface area contributed by atoms with Gasteiger partial charge in [0, 0.05) is 27.8 Å². The first kappa shape index (κ1) is 25.8. The number of fused-ring (bicyclic) bond motifs is 3. The molecule has 0 aliphatic heterocycles. The molecule has 208 valence electrons. The Labute approximate surface area is 257 Å². The number of hydrogen-bond acceptors (Lipinski definition) is 2. The smallest absolute Gasteiger partial charge is 0.136 e. The van der Waals surface area contributed by atoms with Crippen molar-refractivity contribution in [3.63, 3.8) is 0 Å². The summed E-state index contributed by atoms with van der Waals surface area (Å²) in [6.07, 6.45) is 0. The van der Waals surface area contributed by atoms with Crippen molar-refractivity contribution in [3.8, 4) is 33.4 Å². The van der Waals surface area contributed by atoms with Crippen molar-refractivity contribution in [2.45, 2.75) is 0 Å². The van der Waals surface area contributed by atoms with Crippen molar-refractivity contribution in [1.82, 2.24) is 0 Å². The van der Waals surface area contributed by atoms with Gasteiger partial charge in [-0.05, 0) is 88.0 Å². The molecule has 0 radical (unpaired) electrons. The maximum atomic E-state index is 6.32. The van der Waals surface area contributed by atoms with Crippen LogP contribution in [0.25, 0.3) is 55.3 Å². The van der Waals surface area contributed by atoms with Gasteiger partial charge in [0.15, 0.2) is 0 Å². The van der Waals surface area contributed by atoms with Gasteiger partial charge in [0.2, 0.25) is 0 Å². The van der Waals surface area contributed by atoms with Gasteiger partial charge in [-0.3, -0.25) is 0 Å². The van der Waals surface area contributed by atoms with Crippen LogP contribution in [-0.2, 0) is 0 Å². The average molecular weight is 564 g/mol. The zero-order valence-corrected chi connectivity index (χ0v) is 24.1. The second kappa shape index (κ2) is 11.1. The Bertz CT molecular complexity index is 2180. The summed E-state index contributed by atoms with van der Waals surface area (Å²) in [5.74, 6) is 0. The van der Waals surface area contributed by atoms with Gasteiger partial charge in [-0.15, -0.1) is 0 Å². The molecule has 0 fully saturated rings. The van der Waals surface area contributed by atoms with Gasteiger partial charge < -0.3 is 9.32 Å². The van der Waals surface area contributed by atoms with Gasteiger partial charge in [-0.2, -0.15) is 0 Å². The summed E-state index contributed by atoms with van der Waals surface area (Å²) in [5.41, 5.74) is 12.2. The van der Waals surface area contributed by atoms with Crippen LogP contribution in [0.1, 0.15) is 0 Å². The summed E-state index contributed by atoms with van der Waals surface area (Å²) in [6, 6.07) is 62.1. The van der Waals surface area contributed by atoms with Crippen LogP contribution in [0, 0.1) is 0 Å². The largest absolute Gasteiger partial charge is 0.456 e. The zero-order chi connectivity index (χ0) is 29.3. The molecular weight excluding hydrogens is 534 g/mol. The summed E-state index contributed by atoms with van der Waals surface area (Å²) in [7, 11) is 0. The minimum Gasteiger partial charge on any atom is -0.456 e. The zero-order valence-electron chi connectivity index (χ0n) is 24.1. The lowest BCUT2D eigenvalue weighted by Crippen LogP contribution is -2.09. The van der Waals surface area contributed by atoms with Crippen LogP contribution in [0.2, 0.25) is 0 Å². The molecule has 0 atom stereocenters. The molecule has 8 rings (SSSR count). The Morgan fingerprint density at radius 2 is 0.773 bits per heavy atom. The van der Waals surface area contributed by atoms with E-state index in [1.165, 1.54) is 22.3 Å². The van der Waals surface area contributed by atoms with E-state index in [0.717, 1.165) is 50.1 Å². The molecular formula is C42H29NO. The number of hydrogen-bond donors (Lipinski definition) is 0. The Morgan fingerprint density at radius 3 is 1.43 bits per heavy atom. The summed E-state index contributed by atoms with van der Waals surface area (Å²) < 4.78 is 6.32. The van der Waals surface area contributed by atoms with Crippen LogP contribution >= 0.6 is 0 Å². The van der Waals surface area contributed by atoms with E-state index in [9.17, 15) is 0 Å². The lowest BCUT2D eigenvalue weighted by molar-refractivity contribution is 0.669. The van der Waals surface area contributed by atoms with Crippen molar-refractivity contribution < 1.29 is 4.42 Å². The molecule has 1 heterocycles. The minimum absolute atomic E-state index is 0.898. The molecule has 1 aromatic heterocycles. The van der Waals surface area contributed by atoms with Crippen LogP contribution in [-0.4, -0.2) is 0 Å². The van der Waals surface area contributed by atoms with Crippen LogP contribution in [0.15, 0.2) is 180 Å². The van der Waals surface area contributed by atoms with Crippen LogP contribution in [0.4, 0.5) is 17.1 Å². The van der Waals surface area contributed by atoms with E-state index < -0.39 is 0 Å². The fourth-order valence-electron chi connectivity index (χ4n) is 6.11. The van der Waals surface area contributed by atoms with Crippen molar-refractivity contribution >= 4 is 39.0 Å². The molecule has 0 saturated carbocycles. The second-order valence-corrected chi connectivity index (χ2v) is 11.0. The predicted molar refractivity (Wildman–Crippen MR) is 185 cm³/mol. The lowest BCUT2D eigenvalue weighted by atomic mass is 9.92. The number of rotatable bonds is 6. The number of anilines is 3. The lowest BCUT2D eigenvalue weighted by Gasteiger charge is -2.26. The van der Waals surface area contributed by atoms with Gasteiger partial charge >= 0.3 is 0 Å². The molecule has 0 amide bonds. The Hall–Kier alpha value is -5.86. The summed E-state index contributed by atoms with van der Waals surface area (Å²) in [4.78, 5) is 2.30. The van der Waals surface area contributed by atoms with E-state index >= 15 is 0 Å². The molecule has 8 aromatic rings. The second-order valence-electron chi connectivity index (χ2n) is 11.0. The number of benzene rings is 7. The minimum atomic E-state index is 0.898. The van der Waals surface area contributed by atoms with E-state index in [4.69, 9.17) is 4.42 Å². The number of para-hydroxylation sites is 2. The van der Waals surface area contributed by atoms with Gasteiger partial charge in [0.1, 0.15) is 11.2 Å². The fourth-order valence-corrected chi connectivity index (χ4v) is 6.11. The van der Waals surface area contributed by atoms with Crippen molar-refractivity contribution in [3.05, 3.63) is 176 Å². The Balaban J connectivity index is 1.23. The van der Waals surface area contributed by atoms with E-state index in [0.29, 0.717) is 0 Å². The molecule has 0 N–H and O–H groups in total. The molecule has 7 aromatic carbocycles. The average Bonchev–Trinajstić information content (AvgIpc) is 3.47. The summed E-state index contributed by atoms with van der Waals surface area (Å²) in [6.45, 7) is 0. The monoisotopic (exact) mass is 563 g/mol. The van der Waals surface area contributed by atoms with Crippen LogP contribution in [0.5, 0.6) is 0 Å². The number of furan rings is 1. The standard InChI is InChI=1S/C42H29NO/c1-4-12-30(13-5-1)31-20-24-35(25-21-31)43(34-16-8-3-9-17-34)36-26-22-33(23-27-36)39-29-42-40(37-18-10-11-19-41(37)44-42)28-38(39)32-14-6-2-7-15-32/h1-29H. The highest BCUT2D eigenvalue weighted by Crippen LogP contribution is 2.41. The number of nitrogens with zero attached hydrogens (tertiary/aromatic N) is 1. The van der Waals surface area contributed by atoms with E-state index in [2.05, 4.69) is 169 Å². The fraction of sp³-hybridized carbons (Fsp3) is 0. The highest BCUT2D eigenvalue weighted by molar-refractivity contribution is 6.08. The Kier molecular flexibility index (Phi) is 6.51. The first-order valence-electron chi connectivity index (χ1n) is 14.9. The highest BCUT2D eigenvalue weighted by atomic mass is 16.3. The third kappa shape index (κ3) is 4.73. The normalized spacial score (nSPS) is 11.2. The molecule has 0 saturated heterocycles.